The Hall–Kier alpha value is -3.29. The van der Waals surface area contributed by atoms with Crippen molar-refractivity contribution in [3.63, 3.8) is 0 Å². The van der Waals surface area contributed by atoms with Crippen molar-refractivity contribution in [2.24, 2.45) is 0 Å². The first kappa shape index (κ1) is 20.6. The normalized spacial score (nSPS) is 15.2. The third kappa shape index (κ3) is 3.85. The van der Waals surface area contributed by atoms with Crippen LogP contribution in [-0.4, -0.2) is 48.9 Å². The van der Waals surface area contributed by atoms with E-state index in [4.69, 9.17) is 9.97 Å². The number of para-hydroxylation sites is 2. The zero-order valence-corrected chi connectivity index (χ0v) is 18.7. The Morgan fingerprint density at radius 1 is 0.750 bits per heavy atom. The summed E-state index contributed by atoms with van der Waals surface area (Å²) < 4.78 is 27.8. The number of sulfonamides is 1. The summed E-state index contributed by atoms with van der Waals surface area (Å²) in [6.45, 7) is 3.81. The molecule has 0 spiro atoms. The summed E-state index contributed by atoms with van der Waals surface area (Å²) in [6.07, 6.45) is 0. The van der Waals surface area contributed by atoms with Gasteiger partial charge in [-0.2, -0.15) is 4.31 Å². The van der Waals surface area contributed by atoms with E-state index in [1.165, 1.54) is 0 Å². The topological polar surface area (TPSA) is 66.4 Å². The summed E-state index contributed by atoms with van der Waals surface area (Å²) in [5.74, 6) is 0.794. The van der Waals surface area contributed by atoms with Crippen molar-refractivity contribution < 1.29 is 8.42 Å². The third-order valence-corrected chi connectivity index (χ3v) is 7.66. The predicted molar refractivity (Wildman–Crippen MR) is 127 cm³/mol. The first-order valence-electron chi connectivity index (χ1n) is 10.7. The van der Waals surface area contributed by atoms with Crippen molar-refractivity contribution in [3.05, 3.63) is 84.4 Å². The molecule has 0 amide bonds. The molecule has 1 fully saturated rings. The van der Waals surface area contributed by atoms with Crippen LogP contribution in [0.4, 0.5) is 5.82 Å². The minimum atomic E-state index is -3.52. The Balaban J connectivity index is 1.46. The number of aryl methyl sites for hydroxylation is 1. The van der Waals surface area contributed by atoms with E-state index in [2.05, 4.69) is 4.90 Å². The highest BCUT2D eigenvalue weighted by molar-refractivity contribution is 7.89. The number of nitrogens with zero attached hydrogens (tertiary/aromatic N) is 4. The van der Waals surface area contributed by atoms with E-state index >= 15 is 0 Å². The van der Waals surface area contributed by atoms with Gasteiger partial charge >= 0.3 is 0 Å². The number of piperazine rings is 1. The van der Waals surface area contributed by atoms with Crippen LogP contribution >= 0.6 is 0 Å². The highest BCUT2D eigenvalue weighted by Gasteiger charge is 2.30. The Labute approximate surface area is 188 Å². The van der Waals surface area contributed by atoms with E-state index in [9.17, 15) is 8.42 Å². The molecule has 2 heterocycles. The van der Waals surface area contributed by atoms with Crippen molar-refractivity contribution in [3.8, 4) is 11.3 Å². The van der Waals surface area contributed by atoms with Gasteiger partial charge in [0.05, 0.1) is 15.9 Å². The van der Waals surface area contributed by atoms with E-state index in [0.717, 1.165) is 33.7 Å². The quantitative estimate of drug-likeness (QED) is 0.474. The number of benzene rings is 3. The summed E-state index contributed by atoms with van der Waals surface area (Å²) >= 11 is 0. The molecule has 0 N–H and O–H groups in total. The molecule has 5 rings (SSSR count). The molecule has 1 aliphatic heterocycles. The van der Waals surface area contributed by atoms with Crippen LogP contribution in [0.5, 0.6) is 0 Å². The monoisotopic (exact) mass is 444 g/mol. The second-order valence-corrected chi connectivity index (χ2v) is 9.90. The van der Waals surface area contributed by atoms with Crippen molar-refractivity contribution >= 4 is 26.9 Å². The molecule has 1 aliphatic rings. The van der Waals surface area contributed by atoms with Crippen molar-refractivity contribution in [1.29, 1.82) is 0 Å². The molecular formula is C25H24N4O2S. The van der Waals surface area contributed by atoms with Gasteiger partial charge in [-0.05, 0) is 36.8 Å². The number of anilines is 1. The molecule has 162 valence electrons. The van der Waals surface area contributed by atoms with Gasteiger partial charge in [-0.25, -0.2) is 18.4 Å². The second-order valence-electron chi connectivity index (χ2n) is 7.96. The smallest absolute Gasteiger partial charge is 0.243 e. The van der Waals surface area contributed by atoms with E-state index in [1.807, 2.05) is 67.6 Å². The van der Waals surface area contributed by atoms with Gasteiger partial charge in [0.2, 0.25) is 10.0 Å². The lowest BCUT2D eigenvalue weighted by Crippen LogP contribution is -2.49. The van der Waals surface area contributed by atoms with E-state index in [0.29, 0.717) is 31.1 Å². The molecule has 4 aromatic rings. The molecule has 0 radical (unpaired) electrons. The number of hydrogen-bond acceptors (Lipinski definition) is 5. The van der Waals surface area contributed by atoms with Gasteiger partial charge in [0.1, 0.15) is 5.69 Å². The average Bonchev–Trinajstić information content (AvgIpc) is 2.84. The molecule has 1 saturated heterocycles. The zero-order valence-electron chi connectivity index (χ0n) is 17.8. The summed E-state index contributed by atoms with van der Waals surface area (Å²) in [5.41, 5.74) is 4.42. The Bertz CT molecular complexity index is 1370. The van der Waals surface area contributed by atoms with Crippen LogP contribution in [0, 0.1) is 6.92 Å². The maximum atomic E-state index is 13.1. The molecule has 3 aromatic carbocycles. The highest BCUT2D eigenvalue weighted by atomic mass is 32.2. The van der Waals surface area contributed by atoms with Crippen molar-refractivity contribution in [2.45, 2.75) is 11.8 Å². The Morgan fingerprint density at radius 2 is 1.41 bits per heavy atom. The van der Waals surface area contributed by atoms with E-state index < -0.39 is 10.0 Å². The second kappa shape index (κ2) is 8.33. The van der Waals surface area contributed by atoms with Gasteiger partial charge < -0.3 is 4.90 Å². The highest BCUT2D eigenvalue weighted by Crippen LogP contribution is 2.31. The van der Waals surface area contributed by atoms with E-state index in [-0.39, 0.29) is 0 Å². The fraction of sp³-hybridized carbons (Fsp3) is 0.200. The standard InChI is InChI=1S/C25H24N4O2S/c1-19-8-7-11-21(18-19)32(30,31)29-16-14-28(15-17-29)25-24(20-9-3-2-4-10-20)26-22-12-5-6-13-23(22)27-25/h2-13,18H,14-17H2,1H3. The largest absolute Gasteiger partial charge is 0.352 e. The number of fused-ring (bicyclic) bond motifs is 1. The summed E-state index contributed by atoms with van der Waals surface area (Å²) in [6, 6.07) is 24.9. The predicted octanol–water partition coefficient (Wildman–Crippen LogP) is 4.12. The first-order valence-corrected chi connectivity index (χ1v) is 12.1. The molecular weight excluding hydrogens is 420 g/mol. The summed E-state index contributed by atoms with van der Waals surface area (Å²) in [7, 11) is -3.52. The number of aromatic nitrogens is 2. The molecule has 6 nitrogen and oxygen atoms in total. The maximum absolute atomic E-state index is 13.1. The summed E-state index contributed by atoms with van der Waals surface area (Å²) in [5, 5.41) is 0. The molecule has 0 unspecified atom stereocenters. The molecule has 1 aromatic heterocycles. The SMILES string of the molecule is Cc1cccc(S(=O)(=O)N2CCN(c3nc4ccccc4nc3-c3ccccc3)CC2)c1. The van der Waals surface area contributed by atoms with Gasteiger partial charge in [-0.3, -0.25) is 0 Å². The van der Waals surface area contributed by atoms with Gasteiger partial charge in [-0.15, -0.1) is 0 Å². The minimum Gasteiger partial charge on any atom is -0.352 e. The third-order valence-electron chi connectivity index (χ3n) is 5.76. The van der Waals surface area contributed by atoms with Crippen LogP contribution in [0.1, 0.15) is 5.56 Å². The van der Waals surface area contributed by atoms with Crippen molar-refractivity contribution in [2.75, 3.05) is 31.1 Å². The molecule has 0 atom stereocenters. The Morgan fingerprint density at radius 3 is 2.09 bits per heavy atom. The maximum Gasteiger partial charge on any atom is 0.243 e. The van der Waals surface area contributed by atoms with E-state index in [1.54, 1.807) is 22.5 Å². The van der Waals surface area contributed by atoms with Crippen molar-refractivity contribution in [1.82, 2.24) is 14.3 Å². The molecule has 7 heteroatoms. The van der Waals surface area contributed by atoms with Crippen LogP contribution in [-0.2, 0) is 10.0 Å². The average molecular weight is 445 g/mol. The molecule has 0 bridgehead atoms. The lowest BCUT2D eigenvalue weighted by atomic mass is 10.1. The fourth-order valence-corrected chi connectivity index (χ4v) is 5.59. The lowest BCUT2D eigenvalue weighted by Gasteiger charge is -2.35. The molecule has 32 heavy (non-hydrogen) atoms. The number of rotatable bonds is 4. The number of hydrogen-bond donors (Lipinski definition) is 0. The molecule has 0 saturated carbocycles. The molecule has 0 aliphatic carbocycles. The van der Waals surface area contributed by atoms with Crippen LogP contribution < -0.4 is 4.90 Å². The van der Waals surface area contributed by atoms with Gasteiger partial charge in [0.25, 0.3) is 0 Å². The van der Waals surface area contributed by atoms with Gasteiger partial charge in [-0.1, -0.05) is 54.6 Å². The van der Waals surface area contributed by atoms with Crippen LogP contribution in [0.3, 0.4) is 0 Å². The van der Waals surface area contributed by atoms with Gasteiger partial charge in [0.15, 0.2) is 5.82 Å². The van der Waals surface area contributed by atoms with Gasteiger partial charge in [0, 0.05) is 31.7 Å². The lowest BCUT2D eigenvalue weighted by molar-refractivity contribution is 0.384. The zero-order chi connectivity index (χ0) is 22.1. The van der Waals surface area contributed by atoms with Crippen LogP contribution in [0.25, 0.3) is 22.3 Å². The summed E-state index contributed by atoms with van der Waals surface area (Å²) in [4.78, 5) is 12.3. The Kier molecular flexibility index (Phi) is 5.36. The van der Waals surface area contributed by atoms with Crippen LogP contribution in [0.15, 0.2) is 83.8 Å². The minimum absolute atomic E-state index is 0.349. The first-order chi connectivity index (χ1) is 15.5. The van der Waals surface area contributed by atoms with Crippen LogP contribution in [0.2, 0.25) is 0 Å². The fourth-order valence-electron chi connectivity index (χ4n) is 4.07.